The SMILES string of the molecule is O=C(Nc1cc(Cl)ncn1)c1c(O)cccc1F. The van der Waals surface area contributed by atoms with Crippen LogP contribution in [-0.4, -0.2) is 21.0 Å². The van der Waals surface area contributed by atoms with Gasteiger partial charge in [-0.1, -0.05) is 17.7 Å². The van der Waals surface area contributed by atoms with E-state index in [2.05, 4.69) is 15.3 Å². The number of phenolic OH excluding ortho intramolecular Hbond substituents is 1. The monoisotopic (exact) mass is 267 g/mol. The number of benzene rings is 1. The van der Waals surface area contributed by atoms with Crippen molar-refractivity contribution in [1.82, 2.24) is 9.97 Å². The number of nitrogens with zero attached hydrogens (tertiary/aromatic N) is 2. The third-order valence-electron chi connectivity index (χ3n) is 2.09. The topological polar surface area (TPSA) is 75.1 Å². The number of carbonyl (C=O) groups excluding carboxylic acids is 1. The smallest absolute Gasteiger partial charge is 0.263 e. The molecule has 0 saturated heterocycles. The molecule has 1 amide bonds. The molecule has 2 aromatic rings. The molecule has 2 rings (SSSR count). The Labute approximate surface area is 106 Å². The van der Waals surface area contributed by atoms with Crippen LogP contribution < -0.4 is 5.32 Å². The first-order chi connectivity index (χ1) is 8.58. The average molecular weight is 268 g/mol. The second-order valence-electron chi connectivity index (χ2n) is 3.31. The van der Waals surface area contributed by atoms with Gasteiger partial charge in [0, 0.05) is 6.07 Å². The third-order valence-corrected chi connectivity index (χ3v) is 2.30. The number of hydrogen-bond acceptors (Lipinski definition) is 4. The number of rotatable bonds is 2. The first-order valence-electron chi connectivity index (χ1n) is 4.84. The van der Waals surface area contributed by atoms with Gasteiger partial charge < -0.3 is 10.4 Å². The van der Waals surface area contributed by atoms with Crippen molar-refractivity contribution in [2.75, 3.05) is 5.32 Å². The number of nitrogens with one attached hydrogen (secondary N) is 1. The van der Waals surface area contributed by atoms with E-state index in [0.717, 1.165) is 12.4 Å². The van der Waals surface area contributed by atoms with E-state index >= 15 is 0 Å². The molecule has 0 aliphatic rings. The standard InChI is InChI=1S/C11H7ClFN3O2/c12-8-4-9(15-5-14-8)16-11(18)10-6(13)2-1-3-7(10)17/h1-5,17H,(H,14,15,16,18). The fraction of sp³-hybridized carbons (Fsp3) is 0. The van der Waals surface area contributed by atoms with Crippen LogP contribution in [0.3, 0.4) is 0 Å². The van der Waals surface area contributed by atoms with Gasteiger partial charge in [-0.3, -0.25) is 4.79 Å². The Balaban J connectivity index is 2.28. The van der Waals surface area contributed by atoms with Crippen molar-refractivity contribution < 1.29 is 14.3 Å². The number of carbonyl (C=O) groups is 1. The van der Waals surface area contributed by atoms with Crippen LogP contribution in [-0.2, 0) is 0 Å². The largest absolute Gasteiger partial charge is 0.507 e. The van der Waals surface area contributed by atoms with Crippen LogP contribution in [0.25, 0.3) is 0 Å². The Bertz CT molecular complexity index is 586. The minimum absolute atomic E-state index is 0.114. The van der Waals surface area contributed by atoms with E-state index in [1.807, 2.05) is 0 Å². The maximum absolute atomic E-state index is 13.4. The summed E-state index contributed by atoms with van der Waals surface area (Å²) in [5.74, 6) is -1.98. The molecule has 0 radical (unpaired) electrons. The van der Waals surface area contributed by atoms with Gasteiger partial charge in [-0.2, -0.15) is 0 Å². The normalized spacial score (nSPS) is 10.1. The summed E-state index contributed by atoms with van der Waals surface area (Å²) < 4.78 is 13.4. The average Bonchev–Trinajstić information content (AvgIpc) is 2.28. The molecule has 7 heteroatoms. The molecule has 0 bridgehead atoms. The molecule has 0 spiro atoms. The van der Waals surface area contributed by atoms with E-state index < -0.39 is 23.0 Å². The number of aromatic hydroxyl groups is 1. The lowest BCUT2D eigenvalue weighted by Crippen LogP contribution is -2.15. The van der Waals surface area contributed by atoms with E-state index in [9.17, 15) is 14.3 Å². The zero-order chi connectivity index (χ0) is 13.1. The lowest BCUT2D eigenvalue weighted by atomic mass is 10.1. The predicted molar refractivity (Wildman–Crippen MR) is 63.1 cm³/mol. The molecule has 0 atom stereocenters. The Hall–Kier alpha value is -2.21. The fourth-order valence-corrected chi connectivity index (χ4v) is 1.47. The van der Waals surface area contributed by atoms with E-state index in [1.165, 1.54) is 18.2 Å². The second kappa shape index (κ2) is 4.97. The number of phenols is 1. The highest BCUT2D eigenvalue weighted by molar-refractivity contribution is 6.29. The highest BCUT2D eigenvalue weighted by atomic mass is 35.5. The number of aromatic nitrogens is 2. The van der Waals surface area contributed by atoms with Crippen molar-refractivity contribution in [3.05, 3.63) is 47.1 Å². The number of hydrogen-bond donors (Lipinski definition) is 2. The fourth-order valence-electron chi connectivity index (χ4n) is 1.32. The van der Waals surface area contributed by atoms with Crippen molar-refractivity contribution >= 4 is 23.3 Å². The van der Waals surface area contributed by atoms with Crippen LogP contribution in [0, 0.1) is 5.82 Å². The summed E-state index contributed by atoms with van der Waals surface area (Å²) >= 11 is 5.61. The van der Waals surface area contributed by atoms with Crippen LogP contribution in [0.2, 0.25) is 5.15 Å². The molecule has 1 aromatic heterocycles. The zero-order valence-electron chi connectivity index (χ0n) is 8.89. The lowest BCUT2D eigenvalue weighted by Gasteiger charge is -2.06. The van der Waals surface area contributed by atoms with Gasteiger partial charge in [0.25, 0.3) is 5.91 Å². The van der Waals surface area contributed by atoms with Gasteiger partial charge in [-0.15, -0.1) is 0 Å². The molecule has 5 nitrogen and oxygen atoms in total. The third kappa shape index (κ3) is 2.54. The minimum Gasteiger partial charge on any atom is -0.507 e. The van der Waals surface area contributed by atoms with E-state index in [0.29, 0.717) is 0 Å². The van der Waals surface area contributed by atoms with Gasteiger partial charge in [0.1, 0.15) is 34.4 Å². The van der Waals surface area contributed by atoms with Crippen LogP contribution in [0.15, 0.2) is 30.6 Å². The van der Waals surface area contributed by atoms with E-state index in [4.69, 9.17) is 11.6 Å². The van der Waals surface area contributed by atoms with E-state index in [1.54, 1.807) is 0 Å². The van der Waals surface area contributed by atoms with Crippen molar-refractivity contribution in [3.8, 4) is 5.75 Å². The van der Waals surface area contributed by atoms with Crippen molar-refractivity contribution in [2.45, 2.75) is 0 Å². The van der Waals surface area contributed by atoms with Crippen LogP contribution in [0.1, 0.15) is 10.4 Å². The first kappa shape index (κ1) is 12.3. The molecule has 2 N–H and O–H groups in total. The van der Waals surface area contributed by atoms with Gasteiger partial charge in [-0.05, 0) is 12.1 Å². The molecule has 18 heavy (non-hydrogen) atoms. The molecule has 1 aromatic carbocycles. The van der Waals surface area contributed by atoms with Gasteiger partial charge >= 0.3 is 0 Å². The maximum Gasteiger partial charge on any atom is 0.263 e. The van der Waals surface area contributed by atoms with E-state index in [-0.39, 0.29) is 11.0 Å². The zero-order valence-corrected chi connectivity index (χ0v) is 9.65. The number of anilines is 1. The quantitative estimate of drug-likeness (QED) is 0.818. The van der Waals surface area contributed by atoms with Crippen molar-refractivity contribution in [2.24, 2.45) is 0 Å². The summed E-state index contributed by atoms with van der Waals surface area (Å²) in [4.78, 5) is 19.1. The molecule has 0 saturated carbocycles. The van der Waals surface area contributed by atoms with Crippen LogP contribution in [0.5, 0.6) is 5.75 Å². The Morgan fingerprint density at radius 3 is 2.83 bits per heavy atom. The van der Waals surface area contributed by atoms with Gasteiger partial charge in [-0.25, -0.2) is 14.4 Å². The summed E-state index contributed by atoms with van der Waals surface area (Å²) in [5.41, 5.74) is -0.452. The molecule has 0 unspecified atom stereocenters. The lowest BCUT2D eigenvalue weighted by molar-refractivity contribution is 0.102. The van der Waals surface area contributed by atoms with Crippen molar-refractivity contribution in [3.63, 3.8) is 0 Å². The number of halogens is 2. The molecule has 0 aliphatic carbocycles. The Kier molecular flexibility index (Phi) is 3.38. The molecule has 1 heterocycles. The highest BCUT2D eigenvalue weighted by Gasteiger charge is 2.17. The van der Waals surface area contributed by atoms with Crippen LogP contribution >= 0.6 is 11.6 Å². The summed E-state index contributed by atoms with van der Waals surface area (Å²) in [5, 5.41) is 11.9. The van der Waals surface area contributed by atoms with Crippen molar-refractivity contribution in [1.29, 1.82) is 0 Å². The minimum atomic E-state index is -0.826. The number of amides is 1. The second-order valence-corrected chi connectivity index (χ2v) is 3.70. The molecular weight excluding hydrogens is 261 g/mol. The Morgan fingerprint density at radius 2 is 2.17 bits per heavy atom. The van der Waals surface area contributed by atoms with Crippen LogP contribution in [0.4, 0.5) is 10.2 Å². The molecule has 0 fully saturated rings. The van der Waals surface area contributed by atoms with Gasteiger partial charge in [0.2, 0.25) is 0 Å². The summed E-state index contributed by atoms with van der Waals surface area (Å²) in [6, 6.07) is 4.88. The molecule has 0 aliphatic heterocycles. The highest BCUT2D eigenvalue weighted by Crippen LogP contribution is 2.21. The molecule has 92 valence electrons. The summed E-state index contributed by atoms with van der Waals surface area (Å²) in [6.07, 6.45) is 1.15. The summed E-state index contributed by atoms with van der Waals surface area (Å²) in [6.45, 7) is 0. The summed E-state index contributed by atoms with van der Waals surface area (Å²) in [7, 11) is 0. The predicted octanol–water partition coefficient (Wildman–Crippen LogP) is 2.23. The maximum atomic E-state index is 13.4. The van der Waals surface area contributed by atoms with Gasteiger partial charge in [0.15, 0.2) is 0 Å². The van der Waals surface area contributed by atoms with Gasteiger partial charge in [0.05, 0.1) is 0 Å². The Morgan fingerprint density at radius 1 is 1.39 bits per heavy atom. The molecular formula is C11H7ClFN3O2. The first-order valence-corrected chi connectivity index (χ1v) is 5.22.